The molecule has 0 aliphatic heterocycles. The SMILES string of the molecule is CC(C)c1cccc(C(C)C)c1N=CCc1cccnc1.[CH2-]C=Nc1c(C(C)C)cccc1C(C)C.[Fe]. The van der Waals surface area contributed by atoms with Crippen LogP contribution < -0.4 is 0 Å². The first-order valence-electron chi connectivity index (χ1n) is 13.2. The third-order valence-corrected chi connectivity index (χ3v) is 6.18. The summed E-state index contributed by atoms with van der Waals surface area (Å²) in [5, 5.41) is 0. The second-order valence-electron chi connectivity index (χ2n) is 10.4. The molecule has 3 aromatic rings. The van der Waals surface area contributed by atoms with E-state index in [9.17, 15) is 0 Å². The molecule has 0 unspecified atom stereocenters. The smallest absolute Gasteiger partial charge is 0.0694 e. The molecule has 3 rings (SSSR count). The third-order valence-electron chi connectivity index (χ3n) is 6.18. The second kappa shape index (κ2) is 16.2. The maximum Gasteiger partial charge on any atom is 0.0694 e. The maximum absolute atomic E-state index is 4.79. The predicted molar refractivity (Wildman–Crippen MR) is 159 cm³/mol. The van der Waals surface area contributed by atoms with E-state index in [2.05, 4.69) is 115 Å². The van der Waals surface area contributed by atoms with Crippen LogP contribution in [0.25, 0.3) is 0 Å². The van der Waals surface area contributed by atoms with Crippen LogP contribution in [0.1, 0.15) is 107 Å². The van der Waals surface area contributed by atoms with Gasteiger partial charge in [-0.2, -0.15) is 0 Å². The standard InChI is InChI=1S/C19H24N2.C14H20N.Fe/c1-14(2)17-8-5-9-18(15(3)4)19(17)21-12-10-16-7-6-11-20-13-16;1-6-15-14-12(10(2)3)8-7-9-13(14)11(4)5;/h5-9,11-15H,10H2,1-4H3;6-11H,1H2,2-5H3;/q;-1;. The van der Waals surface area contributed by atoms with Crippen molar-refractivity contribution >= 4 is 23.8 Å². The summed E-state index contributed by atoms with van der Waals surface area (Å²) >= 11 is 0. The molecule has 0 fully saturated rings. The van der Waals surface area contributed by atoms with Crippen LogP contribution in [0, 0.1) is 6.92 Å². The molecule has 1 heterocycles. The van der Waals surface area contributed by atoms with Crippen molar-refractivity contribution in [2.45, 2.75) is 85.5 Å². The Balaban J connectivity index is 0.000000381. The largest absolute Gasteiger partial charge is 0.364 e. The average Bonchev–Trinajstić information content (AvgIpc) is 2.85. The van der Waals surface area contributed by atoms with Gasteiger partial charge < -0.3 is 6.92 Å². The summed E-state index contributed by atoms with van der Waals surface area (Å²) in [6, 6.07) is 17.0. The summed E-state index contributed by atoms with van der Waals surface area (Å²) < 4.78 is 0. The van der Waals surface area contributed by atoms with Gasteiger partial charge in [0.2, 0.25) is 0 Å². The van der Waals surface area contributed by atoms with Gasteiger partial charge in [-0.05, 0) is 57.6 Å². The average molecular weight is 539 g/mol. The topological polar surface area (TPSA) is 37.6 Å². The van der Waals surface area contributed by atoms with Gasteiger partial charge in [-0.15, -0.1) is 6.21 Å². The first-order valence-corrected chi connectivity index (χ1v) is 13.2. The van der Waals surface area contributed by atoms with Crippen molar-refractivity contribution in [3.63, 3.8) is 0 Å². The Morgan fingerprint density at radius 3 is 1.46 bits per heavy atom. The zero-order chi connectivity index (χ0) is 26.7. The van der Waals surface area contributed by atoms with Crippen LogP contribution in [-0.4, -0.2) is 17.4 Å². The van der Waals surface area contributed by atoms with E-state index in [0.717, 1.165) is 17.8 Å². The number of aliphatic imine (C=N–C) groups is 2. The Bertz CT molecular complexity index is 1080. The number of benzene rings is 2. The Morgan fingerprint density at radius 1 is 0.676 bits per heavy atom. The number of para-hydroxylation sites is 2. The van der Waals surface area contributed by atoms with Crippen LogP contribution in [0.3, 0.4) is 0 Å². The molecule has 0 saturated carbocycles. The minimum Gasteiger partial charge on any atom is -0.364 e. The predicted octanol–water partition coefficient (Wildman–Crippen LogP) is 9.74. The molecule has 0 aliphatic rings. The molecule has 0 N–H and O–H groups in total. The summed E-state index contributed by atoms with van der Waals surface area (Å²) in [5.74, 6) is 1.97. The van der Waals surface area contributed by atoms with Crippen molar-refractivity contribution in [2.24, 2.45) is 9.98 Å². The summed E-state index contributed by atoms with van der Waals surface area (Å²) in [6.07, 6.45) is 8.14. The van der Waals surface area contributed by atoms with Crippen molar-refractivity contribution in [3.05, 3.63) is 95.7 Å². The number of rotatable bonds is 8. The quantitative estimate of drug-likeness (QED) is 0.160. The molecular formula is C33H44FeN3-. The number of hydrogen-bond donors (Lipinski definition) is 0. The van der Waals surface area contributed by atoms with Crippen molar-refractivity contribution < 1.29 is 17.1 Å². The number of hydrogen-bond acceptors (Lipinski definition) is 3. The van der Waals surface area contributed by atoms with Gasteiger partial charge in [0, 0.05) is 42.1 Å². The summed E-state index contributed by atoms with van der Waals surface area (Å²) in [7, 11) is 0. The fourth-order valence-corrected chi connectivity index (χ4v) is 4.17. The van der Waals surface area contributed by atoms with E-state index in [1.807, 2.05) is 18.5 Å². The van der Waals surface area contributed by atoms with Crippen LogP contribution in [0.5, 0.6) is 0 Å². The molecule has 0 aliphatic carbocycles. The molecule has 0 spiro atoms. The molecule has 0 radical (unpaired) electrons. The number of nitrogens with zero attached hydrogens (tertiary/aromatic N) is 3. The monoisotopic (exact) mass is 538 g/mol. The molecule has 2 aromatic carbocycles. The molecule has 0 amide bonds. The van der Waals surface area contributed by atoms with E-state index in [1.165, 1.54) is 27.8 Å². The first kappa shape index (κ1) is 32.3. The van der Waals surface area contributed by atoms with E-state index >= 15 is 0 Å². The summed E-state index contributed by atoms with van der Waals surface area (Å²) in [4.78, 5) is 13.3. The zero-order valence-electron chi connectivity index (χ0n) is 23.8. The molecule has 0 atom stereocenters. The molecule has 4 heteroatoms. The van der Waals surface area contributed by atoms with Crippen LogP contribution in [0.4, 0.5) is 11.4 Å². The van der Waals surface area contributed by atoms with Crippen LogP contribution in [0.15, 0.2) is 70.9 Å². The summed E-state index contributed by atoms with van der Waals surface area (Å²) in [6.45, 7) is 21.4. The second-order valence-corrected chi connectivity index (χ2v) is 10.4. The van der Waals surface area contributed by atoms with Gasteiger partial charge in [0.15, 0.2) is 0 Å². The van der Waals surface area contributed by atoms with Crippen molar-refractivity contribution in [1.82, 2.24) is 4.98 Å². The molecule has 3 nitrogen and oxygen atoms in total. The van der Waals surface area contributed by atoms with Gasteiger partial charge in [0.05, 0.1) is 11.4 Å². The fraction of sp³-hybridized carbons (Fsp3) is 0.394. The number of pyridine rings is 1. The normalized spacial score (nSPS) is 11.5. The Morgan fingerprint density at radius 2 is 1.11 bits per heavy atom. The van der Waals surface area contributed by atoms with Gasteiger partial charge in [0.1, 0.15) is 0 Å². The summed E-state index contributed by atoms with van der Waals surface area (Å²) in [5.41, 5.74) is 8.70. The van der Waals surface area contributed by atoms with Crippen molar-refractivity contribution in [2.75, 3.05) is 0 Å². The third kappa shape index (κ3) is 9.61. The van der Waals surface area contributed by atoms with E-state index in [0.29, 0.717) is 23.7 Å². The molecule has 200 valence electrons. The van der Waals surface area contributed by atoms with Gasteiger partial charge in [-0.25, -0.2) is 0 Å². The van der Waals surface area contributed by atoms with Crippen LogP contribution >= 0.6 is 0 Å². The minimum absolute atomic E-state index is 0. The zero-order valence-corrected chi connectivity index (χ0v) is 25.0. The van der Waals surface area contributed by atoms with E-state index < -0.39 is 0 Å². The van der Waals surface area contributed by atoms with E-state index in [4.69, 9.17) is 4.99 Å². The maximum atomic E-state index is 4.79. The molecule has 0 saturated heterocycles. The van der Waals surface area contributed by atoms with E-state index in [1.54, 1.807) is 12.4 Å². The molecule has 37 heavy (non-hydrogen) atoms. The van der Waals surface area contributed by atoms with Crippen molar-refractivity contribution in [3.8, 4) is 0 Å². The molecular weight excluding hydrogens is 494 g/mol. The van der Waals surface area contributed by atoms with Gasteiger partial charge >= 0.3 is 0 Å². The Labute approximate surface area is 236 Å². The van der Waals surface area contributed by atoms with E-state index in [-0.39, 0.29) is 17.1 Å². The molecule has 0 bridgehead atoms. The first-order chi connectivity index (χ1) is 17.2. The van der Waals surface area contributed by atoms with Crippen molar-refractivity contribution in [1.29, 1.82) is 0 Å². The Kier molecular flexibility index (Phi) is 14.2. The van der Waals surface area contributed by atoms with Gasteiger partial charge in [-0.3, -0.25) is 15.0 Å². The van der Waals surface area contributed by atoms with Gasteiger partial charge in [-0.1, -0.05) is 97.9 Å². The van der Waals surface area contributed by atoms with Crippen LogP contribution in [-0.2, 0) is 23.5 Å². The Hall–Kier alpha value is -2.68. The fourth-order valence-electron chi connectivity index (χ4n) is 4.17. The molecule has 1 aromatic heterocycles. The minimum atomic E-state index is 0. The number of aromatic nitrogens is 1. The van der Waals surface area contributed by atoms with Gasteiger partial charge in [0.25, 0.3) is 0 Å². The van der Waals surface area contributed by atoms with Crippen LogP contribution in [0.2, 0.25) is 0 Å².